The molecule has 0 aliphatic carbocycles. The van der Waals surface area contributed by atoms with Gasteiger partial charge in [0.1, 0.15) is 5.82 Å². The quantitative estimate of drug-likeness (QED) is 0.829. The molecule has 0 bridgehead atoms. The molecule has 5 heteroatoms. The molecule has 2 heterocycles. The maximum absolute atomic E-state index is 5.85. The lowest BCUT2D eigenvalue weighted by atomic mass is 10.3. The lowest BCUT2D eigenvalue weighted by molar-refractivity contribution is 0.0578. The molecule has 0 aromatic carbocycles. The second kappa shape index (κ2) is 7.08. The number of piperazine rings is 1. The van der Waals surface area contributed by atoms with Crippen LogP contribution in [0.2, 0.25) is 5.02 Å². The number of nitrogens with zero attached hydrogens (tertiary/aromatic N) is 3. The van der Waals surface area contributed by atoms with E-state index in [1.807, 2.05) is 12.1 Å². The summed E-state index contributed by atoms with van der Waals surface area (Å²) < 4.78 is 5.59. The van der Waals surface area contributed by atoms with Crippen molar-refractivity contribution in [3.8, 4) is 0 Å². The summed E-state index contributed by atoms with van der Waals surface area (Å²) in [5.74, 6) is 1.02. The molecule has 1 aromatic rings. The number of pyridine rings is 1. The molecule has 0 spiro atoms. The minimum atomic E-state index is 0.319. The lowest BCUT2D eigenvalue weighted by Crippen LogP contribution is -2.47. The van der Waals surface area contributed by atoms with Gasteiger partial charge in [-0.25, -0.2) is 4.98 Å². The summed E-state index contributed by atoms with van der Waals surface area (Å²) in [5.41, 5.74) is 0. The molecular formula is C14H22ClN3O. The van der Waals surface area contributed by atoms with Gasteiger partial charge in [-0.05, 0) is 26.0 Å². The molecule has 0 radical (unpaired) electrons. The third-order valence-corrected chi connectivity index (χ3v) is 3.49. The number of halogens is 1. The largest absolute Gasteiger partial charge is 0.377 e. The SMILES string of the molecule is CC(C)OCCN1CCN(c2ccc(Cl)cn2)CC1. The predicted molar refractivity (Wildman–Crippen MR) is 79.0 cm³/mol. The van der Waals surface area contributed by atoms with Gasteiger partial charge in [-0.2, -0.15) is 0 Å². The summed E-state index contributed by atoms with van der Waals surface area (Å²) in [5, 5.41) is 0.688. The first-order chi connectivity index (χ1) is 9.15. The first kappa shape index (κ1) is 14.6. The van der Waals surface area contributed by atoms with E-state index in [1.54, 1.807) is 6.20 Å². The Morgan fingerprint density at radius 2 is 2.00 bits per heavy atom. The van der Waals surface area contributed by atoms with Crippen molar-refractivity contribution in [1.29, 1.82) is 0 Å². The minimum absolute atomic E-state index is 0.319. The van der Waals surface area contributed by atoms with Gasteiger partial charge in [-0.1, -0.05) is 11.6 Å². The van der Waals surface area contributed by atoms with Crippen LogP contribution in [0.15, 0.2) is 18.3 Å². The topological polar surface area (TPSA) is 28.6 Å². The fourth-order valence-electron chi connectivity index (χ4n) is 2.17. The van der Waals surface area contributed by atoms with Gasteiger partial charge in [-0.3, -0.25) is 4.90 Å². The van der Waals surface area contributed by atoms with E-state index in [0.29, 0.717) is 11.1 Å². The highest BCUT2D eigenvalue weighted by molar-refractivity contribution is 6.30. The summed E-state index contributed by atoms with van der Waals surface area (Å²) in [6, 6.07) is 3.88. The molecule has 1 fully saturated rings. The Balaban J connectivity index is 1.74. The van der Waals surface area contributed by atoms with Crippen LogP contribution in [-0.4, -0.2) is 55.3 Å². The van der Waals surface area contributed by atoms with Crippen LogP contribution in [0.5, 0.6) is 0 Å². The van der Waals surface area contributed by atoms with Crippen molar-refractivity contribution in [2.75, 3.05) is 44.2 Å². The van der Waals surface area contributed by atoms with E-state index in [-0.39, 0.29) is 0 Å². The Labute approximate surface area is 120 Å². The van der Waals surface area contributed by atoms with Gasteiger partial charge < -0.3 is 9.64 Å². The van der Waals surface area contributed by atoms with Gasteiger partial charge >= 0.3 is 0 Å². The van der Waals surface area contributed by atoms with Crippen molar-refractivity contribution < 1.29 is 4.74 Å². The predicted octanol–water partition coefficient (Wildman–Crippen LogP) is 2.28. The van der Waals surface area contributed by atoms with Crippen molar-refractivity contribution in [3.05, 3.63) is 23.4 Å². The second-order valence-corrected chi connectivity index (χ2v) is 5.52. The number of aromatic nitrogens is 1. The highest BCUT2D eigenvalue weighted by Crippen LogP contribution is 2.15. The van der Waals surface area contributed by atoms with E-state index in [0.717, 1.165) is 45.1 Å². The minimum Gasteiger partial charge on any atom is -0.377 e. The molecule has 1 aliphatic rings. The monoisotopic (exact) mass is 283 g/mol. The van der Waals surface area contributed by atoms with Crippen LogP contribution in [0.25, 0.3) is 0 Å². The molecule has 1 aromatic heterocycles. The van der Waals surface area contributed by atoms with Gasteiger partial charge in [0.15, 0.2) is 0 Å². The van der Waals surface area contributed by atoms with Crippen LogP contribution >= 0.6 is 11.6 Å². The van der Waals surface area contributed by atoms with Crippen molar-refractivity contribution >= 4 is 17.4 Å². The Morgan fingerprint density at radius 3 is 2.58 bits per heavy atom. The van der Waals surface area contributed by atoms with Crippen LogP contribution in [0.3, 0.4) is 0 Å². The first-order valence-electron chi connectivity index (χ1n) is 6.85. The number of hydrogen-bond donors (Lipinski definition) is 0. The lowest BCUT2D eigenvalue weighted by Gasteiger charge is -2.35. The second-order valence-electron chi connectivity index (χ2n) is 5.08. The van der Waals surface area contributed by atoms with Crippen LogP contribution < -0.4 is 4.90 Å². The zero-order valence-corrected chi connectivity index (χ0v) is 12.4. The zero-order chi connectivity index (χ0) is 13.7. The smallest absolute Gasteiger partial charge is 0.128 e. The fraction of sp³-hybridized carbons (Fsp3) is 0.643. The van der Waals surface area contributed by atoms with Gasteiger partial charge in [0.2, 0.25) is 0 Å². The van der Waals surface area contributed by atoms with Crippen LogP contribution in [0, 0.1) is 0 Å². The van der Waals surface area contributed by atoms with Gasteiger partial charge in [0.25, 0.3) is 0 Å². The normalized spacial score (nSPS) is 17.2. The average molecular weight is 284 g/mol. The Kier molecular flexibility index (Phi) is 5.43. The van der Waals surface area contributed by atoms with Crippen molar-refractivity contribution in [1.82, 2.24) is 9.88 Å². The number of anilines is 1. The number of ether oxygens (including phenoxy) is 1. The standard InChI is InChI=1S/C14H22ClN3O/c1-12(2)19-10-9-17-5-7-18(8-6-17)14-4-3-13(15)11-16-14/h3-4,11-12H,5-10H2,1-2H3. The highest BCUT2D eigenvalue weighted by atomic mass is 35.5. The summed E-state index contributed by atoms with van der Waals surface area (Å²) in [4.78, 5) is 9.10. The molecule has 4 nitrogen and oxygen atoms in total. The van der Waals surface area contributed by atoms with Crippen molar-refractivity contribution in [3.63, 3.8) is 0 Å². The van der Waals surface area contributed by atoms with Gasteiger partial charge in [-0.15, -0.1) is 0 Å². The maximum Gasteiger partial charge on any atom is 0.128 e. The number of hydrogen-bond acceptors (Lipinski definition) is 4. The van der Waals surface area contributed by atoms with Crippen molar-refractivity contribution in [2.24, 2.45) is 0 Å². The van der Waals surface area contributed by atoms with Gasteiger partial charge in [0.05, 0.1) is 17.7 Å². The van der Waals surface area contributed by atoms with E-state index < -0.39 is 0 Å². The molecule has 19 heavy (non-hydrogen) atoms. The summed E-state index contributed by atoms with van der Waals surface area (Å²) >= 11 is 5.85. The van der Waals surface area contributed by atoms with E-state index in [4.69, 9.17) is 16.3 Å². The maximum atomic E-state index is 5.85. The molecular weight excluding hydrogens is 262 g/mol. The fourth-order valence-corrected chi connectivity index (χ4v) is 2.28. The summed E-state index contributed by atoms with van der Waals surface area (Å²) in [6.07, 6.45) is 2.03. The third-order valence-electron chi connectivity index (χ3n) is 3.27. The van der Waals surface area contributed by atoms with E-state index in [9.17, 15) is 0 Å². The first-order valence-corrected chi connectivity index (χ1v) is 7.23. The Morgan fingerprint density at radius 1 is 1.26 bits per heavy atom. The molecule has 2 rings (SSSR count). The molecule has 0 amide bonds. The van der Waals surface area contributed by atoms with E-state index in [1.165, 1.54) is 0 Å². The van der Waals surface area contributed by atoms with Gasteiger partial charge in [0, 0.05) is 38.9 Å². The van der Waals surface area contributed by atoms with Crippen LogP contribution in [-0.2, 0) is 4.74 Å². The molecule has 106 valence electrons. The van der Waals surface area contributed by atoms with E-state index >= 15 is 0 Å². The highest BCUT2D eigenvalue weighted by Gasteiger charge is 2.17. The molecule has 0 unspecified atom stereocenters. The molecule has 1 saturated heterocycles. The zero-order valence-electron chi connectivity index (χ0n) is 11.7. The Bertz CT molecular complexity index is 375. The third kappa shape index (κ3) is 4.64. The molecule has 0 saturated carbocycles. The summed E-state index contributed by atoms with van der Waals surface area (Å²) in [7, 11) is 0. The molecule has 0 N–H and O–H groups in total. The molecule has 1 aliphatic heterocycles. The van der Waals surface area contributed by atoms with Crippen molar-refractivity contribution in [2.45, 2.75) is 20.0 Å². The van der Waals surface area contributed by atoms with Crippen LogP contribution in [0.4, 0.5) is 5.82 Å². The average Bonchev–Trinajstić information content (AvgIpc) is 2.40. The Hall–Kier alpha value is -0.840. The number of rotatable bonds is 5. The summed E-state index contributed by atoms with van der Waals surface area (Å²) in [6.45, 7) is 10.1. The molecule has 0 atom stereocenters. The van der Waals surface area contributed by atoms with Crippen LogP contribution in [0.1, 0.15) is 13.8 Å². The van der Waals surface area contributed by atoms with E-state index in [2.05, 4.69) is 28.6 Å².